The average Bonchev–Trinajstić information content (AvgIpc) is 3.03. The maximum atomic E-state index is 12.5. The van der Waals surface area contributed by atoms with E-state index in [1.807, 2.05) is 30.5 Å². The molecule has 0 bridgehead atoms. The summed E-state index contributed by atoms with van der Waals surface area (Å²) in [5, 5.41) is 15.2. The van der Waals surface area contributed by atoms with E-state index in [0.29, 0.717) is 24.3 Å². The number of carbonyl (C=O) groups excluding carboxylic acids is 1. The maximum absolute atomic E-state index is 12.5. The third kappa shape index (κ3) is 3.66. The Morgan fingerprint density at radius 3 is 2.78 bits per heavy atom. The van der Waals surface area contributed by atoms with Gasteiger partial charge in [0, 0.05) is 11.4 Å². The van der Waals surface area contributed by atoms with Crippen LogP contribution in [0.25, 0.3) is 0 Å². The lowest BCUT2D eigenvalue weighted by Gasteiger charge is -2.20. The smallest absolute Gasteiger partial charge is 0.285 e. The van der Waals surface area contributed by atoms with Crippen molar-refractivity contribution in [2.24, 2.45) is 0 Å². The van der Waals surface area contributed by atoms with E-state index in [0.717, 1.165) is 9.56 Å². The number of hydrogen-bond donors (Lipinski definition) is 0. The quantitative estimate of drug-likeness (QED) is 0.838. The van der Waals surface area contributed by atoms with Crippen LogP contribution in [0.5, 0.6) is 0 Å². The van der Waals surface area contributed by atoms with Gasteiger partial charge >= 0.3 is 0 Å². The van der Waals surface area contributed by atoms with Gasteiger partial charge in [0.2, 0.25) is 5.91 Å². The van der Waals surface area contributed by atoms with Crippen LogP contribution < -0.4 is 5.56 Å². The molecule has 0 aliphatic heterocycles. The van der Waals surface area contributed by atoms with E-state index in [2.05, 4.69) is 5.10 Å². The number of aromatic nitrogens is 2. The van der Waals surface area contributed by atoms with Crippen LogP contribution in [0.1, 0.15) is 28.6 Å². The summed E-state index contributed by atoms with van der Waals surface area (Å²) >= 11 is 1.58. The molecule has 0 saturated heterocycles. The van der Waals surface area contributed by atoms with E-state index in [4.69, 9.17) is 5.26 Å². The van der Waals surface area contributed by atoms with E-state index in [1.54, 1.807) is 30.1 Å². The van der Waals surface area contributed by atoms with Crippen molar-refractivity contribution in [3.63, 3.8) is 0 Å². The average molecular weight is 330 g/mol. The van der Waals surface area contributed by atoms with Crippen LogP contribution >= 0.6 is 11.3 Å². The molecule has 0 aliphatic carbocycles. The third-order valence-corrected chi connectivity index (χ3v) is 4.56. The molecule has 2 heterocycles. The van der Waals surface area contributed by atoms with E-state index >= 15 is 0 Å². The Hall–Kier alpha value is -2.46. The fraction of sp³-hybridized carbons (Fsp3) is 0.375. The van der Waals surface area contributed by atoms with E-state index in [9.17, 15) is 9.59 Å². The molecule has 0 atom stereocenters. The maximum Gasteiger partial charge on any atom is 0.285 e. The molecule has 0 aromatic carbocycles. The number of rotatable bonds is 5. The molecule has 0 fully saturated rings. The number of hydrogen-bond acceptors (Lipinski definition) is 5. The second-order valence-electron chi connectivity index (χ2n) is 5.15. The largest absolute Gasteiger partial charge is 0.336 e. The standard InChI is InChI=1S/C16H18N4O2S/c1-4-19(9-13-6-5-7-23-13)15(21)10-20-16(22)14(8-17)11(2)12(3)18-20/h5-7H,4,9-10H2,1-3H3. The normalized spacial score (nSPS) is 10.3. The predicted molar refractivity (Wildman–Crippen MR) is 88.1 cm³/mol. The molecular weight excluding hydrogens is 312 g/mol. The molecule has 2 rings (SSSR count). The van der Waals surface area contributed by atoms with Gasteiger partial charge in [0.1, 0.15) is 18.2 Å². The van der Waals surface area contributed by atoms with Gasteiger partial charge in [0.05, 0.1) is 12.2 Å². The molecule has 0 aliphatic rings. The minimum atomic E-state index is -0.517. The van der Waals surface area contributed by atoms with Crippen molar-refractivity contribution in [1.82, 2.24) is 14.7 Å². The zero-order valence-electron chi connectivity index (χ0n) is 13.4. The highest BCUT2D eigenvalue weighted by Gasteiger charge is 2.17. The zero-order chi connectivity index (χ0) is 17.0. The van der Waals surface area contributed by atoms with Crippen LogP contribution in [0.2, 0.25) is 0 Å². The van der Waals surface area contributed by atoms with Crippen molar-refractivity contribution in [3.05, 3.63) is 49.6 Å². The molecule has 120 valence electrons. The number of thiophene rings is 1. The van der Waals surface area contributed by atoms with E-state index < -0.39 is 5.56 Å². The molecule has 23 heavy (non-hydrogen) atoms. The van der Waals surface area contributed by atoms with Gasteiger partial charge in [-0.05, 0) is 37.8 Å². The highest BCUT2D eigenvalue weighted by molar-refractivity contribution is 7.09. The highest BCUT2D eigenvalue weighted by atomic mass is 32.1. The molecular formula is C16H18N4O2S. The molecule has 0 unspecified atom stereocenters. The zero-order valence-corrected chi connectivity index (χ0v) is 14.2. The van der Waals surface area contributed by atoms with Gasteiger partial charge in [-0.1, -0.05) is 6.07 Å². The van der Waals surface area contributed by atoms with Crippen LogP contribution in [0.4, 0.5) is 0 Å². The fourth-order valence-corrected chi connectivity index (χ4v) is 2.93. The first-order valence-corrected chi connectivity index (χ1v) is 8.14. The first kappa shape index (κ1) is 16.9. The first-order valence-electron chi connectivity index (χ1n) is 7.26. The van der Waals surface area contributed by atoms with Crippen LogP contribution in [0, 0.1) is 25.2 Å². The van der Waals surface area contributed by atoms with Crippen molar-refractivity contribution in [2.75, 3.05) is 6.54 Å². The SMILES string of the molecule is CCN(Cc1cccs1)C(=O)Cn1nc(C)c(C)c(C#N)c1=O. The lowest BCUT2D eigenvalue weighted by atomic mass is 10.1. The Bertz CT molecular complexity index is 803. The Balaban J connectivity index is 2.24. The Kier molecular flexibility index (Phi) is 5.29. The second kappa shape index (κ2) is 7.20. The van der Waals surface area contributed by atoms with Crippen LogP contribution in [-0.4, -0.2) is 27.1 Å². The molecule has 7 heteroatoms. The van der Waals surface area contributed by atoms with Gasteiger partial charge in [-0.2, -0.15) is 10.4 Å². The topological polar surface area (TPSA) is 79.0 Å². The van der Waals surface area contributed by atoms with Gasteiger partial charge in [-0.3, -0.25) is 9.59 Å². The monoisotopic (exact) mass is 330 g/mol. The summed E-state index contributed by atoms with van der Waals surface area (Å²) < 4.78 is 1.08. The lowest BCUT2D eigenvalue weighted by Crippen LogP contribution is -2.38. The minimum Gasteiger partial charge on any atom is -0.336 e. The van der Waals surface area contributed by atoms with Crippen LogP contribution in [0.3, 0.4) is 0 Å². The number of aryl methyl sites for hydroxylation is 1. The summed E-state index contributed by atoms with van der Waals surface area (Å²) in [4.78, 5) is 27.5. The van der Waals surface area contributed by atoms with Gasteiger partial charge in [-0.15, -0.1) is 11.3 Å². The number of amides is 1. The summed E-state index contributed by atoms with van der Waals surface area (Å²) in [6.07, 6.45) is 0. The molecule has 2 aromatic heterocycles. The molecule has 2 aromatic rings. The minimum absolute atomic E-state index is 0.0478. The molecule has 6 nitrogen and oxygen atoms in total. The van der Waals surface area contributed by atoms with Gasteiger partial charge in [0.15, 0.2) is 0 Å². The Morgan fingerprint density at radius 2 is 2.22 bits per heavy atom. The van der Waals surface area contributed by atoms with Crippen molar-refractivity contribution < 1.29 is 4.79 Å². The van der Waals surface area contributed by atoms with Crippen molar-refractivity contribution >= 4 is 17.2 Å². The first-order chi connectivity index (χ1) is 11.0. The summed E-state index contributed by atoms with van der Waals surface area (Å²) in [6, 6.07) is 5.81. The summed E-state index contributed by atoms with van der Waals surface area (Å²) in [7, 11) is 0. The van der Waals surface area contributed by atoms with Crippen molar-refractivity contribution in [1.29, 1.82) is 5.26 Å². The molecule has 0 radical (unpaired) electrons. The number of nitrogens with zero attached hydrogens (tertiary/aromatic N) is 4. The van der Waals surface area contributed by atoms with Gasteiger partial charge in [0.25, 0.3) is 5.56 Å². The van der Waals surface area contributed by atoms with E-state index in [-0.39, 0.29) is 18.0 Å². The van der Waals surface area contributed by atoms with Crippen LogP contribution in [0.15, 0.2) is 22.3 Å². The summed E-state index contributed by atoms with van der Waals surface area (Å²) in [6.45, 7) is 6.19. The third-order valence-electron chi connectivity index (χ3n) is 3.69. The Labute approximate surface area is 138 Å². The van der Waals surface area contributed by atoms with Crippen LogP contribution in [-0.2, 0) is 17.9 Å². The lowest BCUT2D eigenvalue weighted by molar-refractivity contribution is -0.132. The van der Waals surface area contributed by atoms with Crippen molar-refractivity contribution in [2.45, 2.75) is 33.9 Å². The fourth-order valence-electron chi connectivity index (χ4n) is 2.21. The molecule has 0 N–H and O–H groups in total. The van der Waals surface area contributed by atoms with Gasteiger partial charge in [-0.25, -0.2) is 4.68 Å². The Morgan fingerprint density at radius 1 is 1.48 bits per heavy atom. The predicted octanol–water partition coefficient (Wildman–Crippen LogP) is 1.84. The summed E-state index contributed by atoms with van der Waals surface area (Å²) in [5.74, 6) is -0.192. The molecule has 0 spiro atoms. The number of nitriles is 1. The van der Waals surface area contributed by atoms with E-state index in [1.165, 1.54) is 0 Å². The van der Waals surface area contributed by atoms with Crippen molar-refractivity contribution in [3.8, 4) is 6.07 Å². The number of carbonyl (C=O) groups is 1. The highest BCUT2D eigenvalue weighted by Crippen LogP contribution is 2.12. The number of likely N-dealkylation sites (N-methyl/N-ethyl adjacent to an activating group) is 1. The summed E-state index contributed by atoms with van der Waals surface area (Å²) in [5.41, 5.74) is 0.671. The van der Waals surface area contributed by atoms with Gasteiger partial charge < -0.3 is 4.90 Å². The second-order valence-corrected chi connectivity index (χ2v) is 6.18. The molecule has 0 saturated carbocycles. The molecule has 1 amide bonds.